The van der Waals surface area contributed by atoms with E-state index in [0.29, 0.717) is 23.6 Å². The Bertz CT molecular complexity index is 479. The van der Waals surface area contributed by atoms with Gasteiger partial charge in [-0.1, -0.05) is 0 Å². The fraction of sp³-hybridized carbons (Fsp3) is 0.500. The van der Waals surface area contributed by atoms with E-state index in [9.17, 15) is 14.3 Å². The zero-order valence-electron chi connectivity index (χ0n) is 11.2. The molecule has 19 heavy (non-hydrogen) atoms. The van der Waals surface area contributed by atoms with Gasteiger partial charge >= 0.3 is 0 Å². The van der Waals surface area contributed by atoms with Crippen LogP contribution >= 0.6 is 0 Å². The number of nitrogens with one attached hydrogen (secondary N) is 1. The van der Waals surface area contributed by atoms with Crippen LogP contribution in [0.15, 0.2) is 18.2 Å². The molecular weight excluding hydrogens is 268 g/mol. The van der Waals surface area contributed by atoms with Crippen LogP contribution in [-0.2, 0) is 10.8 Å². The van der Waals surface area contributed by atoms with Crippen molar-refractivity contribution in [3.8, 4) is 5.75 Å². The van der Waals surface area contributed by atoms with Crippen molar-refractivity contribution in [1.29, 1.82) is 0 Å². The van der Waals surface area contributed by atoms with E-state index in [1.165, 1.54) is 13.2 Å². The minimum atomic E-state index is -0.857. The summed E-state index contributed by atoms with van der Waals surface area (Å²) in [5.74, 6) is 1.01. The summed E-state index contributed by atoms with van der Waals surface area (Å²) in [7, 11) is 0.606. The summed E-state index contributed by atoms with van der Waals surface area (Å²) in [5.41, 5.74) is 0.420. The lowest BCUT2D eigenvalue weighted by Crippen LogP contribution is -2.18. The zero-order valence-corrected chi connectivity index (χ0v) is 12.0. The van der Waals surface area contributed by atoms with Gasteiger partial charge in [0.15, 0.2) is 0 Å². The lowest BCUT2D eigenvalue weighted by Gasteiger charge is -2.15. The summed E-state index contributed by atoms with van der Waals surface area (Å²) in [6, 6.07) is 4.68. The lowest BCUT2D eigenvalue weighted by molar-refractivity contribution is -0.384. The van der Waals surface area contributed by atoms with Crippen LogP contribution in [0.5, 0.6) is 5.75 Å². The van der Waals surface area contributed by atoms with Gasteiger partial charge < -0.3 is 10.1 Å². The Balaban J connectivity index is 2.82. The molecule has 0 spiro atoms. The molecule has 0 bridgehead atoms. The van der Waals surface area contributed by atoms with Crippen molar-refractivity contribution in [3.05, 3.63) is 28.3 Å². The largest absolute Gasteiger partial charge is 0.496 e. The molecule has 0 aliphatic carbocycles. The van der Waals surface area contributed by atoms with Gasteiger partial charge in [-0.25, -0.2) is 0 Å². The van der Waals surface area contributed by atoms with Crippen LogP contribution in [-0.4, -0.2) is 34.3 Å². The second kappa shape index (κ2) is 7.08. The Labute approximate surface area is 114 Å². The number of hydrogen-bond acceptors (Lipinski definition) is 5. The Kier molecular flexibility index (Phi) is 5.75. The minimum absolute atomic E-state index is 0.0102. The molecule has 106 valence electrons. The number of methoxy groups -OCH3 is 1. The summed E-state index contributed by atoms with van der Waals surface area (Å²) >= 11 is 0. The number of nitro groups is 1. The normalized spacial score (nSPS) is 13.6. The minimum Gasteiger partial charge on any atom is -0.496 e. The van der Waals surface area contributed by atoms with Crippen molar-refractivity contribution < 1.29 is 13.9 Å². The molecule has 1 aromatic rings. The van der Waals surface area contributed by atoms with Gasteiger partial charge in [0.05, 0.1) is 18.1 Å². The van der Waals surface area contributed by atoms with Crippen molar-refractivity contribution in [3.63, 3.8) is 0 Å². The van der Waals surface area contributed by atoms with Crippen molar-refractivity contribution in [1.82, 2.24) is 0 Å². The van der Waals surface area contributed by atoms with Crippen molar-refractivity contribution >= 4 is 22.2 Å². The topological polar surface area (TPSA) is 81.5 Å². The average Bonchev–Trinajstić information content (AvgIpc) is 2.36. The first-order valence-corrected chi connectivity index (χ1v) is 7.55. The first-order chi connectivity index (χ1) is 8.93. The fourth-order valence-corrected chi connectivity index (χ4v) is 2.28. The molecule has 0 aromatic heterocycles. The Morgan fingerprint density at radius 1 is 1.53 bits per heavy atom. The van der Waals surface area contributed by atoms with Gasteiger partial charge in [-0.15, -0.1) is 0 Å². The molecular formula is C12H18N2O4S. The van der Waals surface area contributed by atoms with E-state index in [2.05, 4.69) is 5.32 Å². The first kappa shape index (κ1) is 15.4. The van der Waals surface area contributed by atoms with Crippen LogP contribution in [0, 0.1) is 10.1 Å². The van der Waals surface area contributed by atoms with Gasteiger partial charge in [-0.05, 0) is 25.5 Å². The predicted octanol–water partition coefficient (Wildman–Crippen LogP) is 2.17. The molecule has 1 N–H and O–H groups in total. The number of nitro benzene ring substituents is 1. The number of rotatable bonds is 7. The van der Waals surface area contributed by atoms with E-state index in [1.54, 1.807) is 18.4 Å². The highest BCUT2D eigenvalue weighted by molar-refractivity contribution is 7.84. The average molecular weight is 286 g/mol. The number of hydrogen-bond donors (Lipinski definition) is 1. The summed E-state index contributed by atoms with van der Waals surface area (Å²) in [5, 5.41) is 14.1. The van der Waals surface area contributed by atoms with Gasteiger partial charge in [0.1, 0.15) is 11.4 Å². The molecule has 2 atom stereocenters. The SMILES string of the molecule is COc1ccc(NC(C)CCS(C)=O)c([N+](=O)[O-])c1. The maximum atomic E-state index is 11.0. The van der Waals surface area contributed by atoms with E-state index in [1.807, 2.05) is 6.92 Å². The van der Waals surface area contributed by atoms with Gasteiger partial charge in [0.2, 0.25) is 0 Å². The number of benzene rings is 1. The molecule has 1 aromatic carbocycles. The summed E-state index contributed by atoms with van der Waals surface area (Å²) in [6.07, 6.45) is 2.33. The molecule has 0 saturated carbocycles. The molecule has 2 unspecified atom stereocenters. The lowest BCUT2D eigenvalue weighted by atomic mass is 10.2. The van der Waals surface area contributed by atoms with E-state index in [0.717, 1.165) is 0 Å². The second-order valence-corrected chi connectivity index (χ2v) is 5.81. The van der Waals surface area contributed by atoms with Crippen LogP contribution in [0.4, 0.5) is 11.4 Å². The Hall–Kier alpha value is -1.63. The standard InChI is InChI=1S/C12H18N2O4S/c1-9(6-7-19(3)17)13-11-5-4-10(18-2)8-12(11)14(15)16/h4-5,8-9,13H,6-7H2,1-3H3. The molecule has 0 heterocycles. The molecule has 0 saturated heterocycles. The third kappa shape index (κ3) is 4.86. The van der Waals surface area contributed by atoms with E-state index in [-0.39, 0.29) is 11.7 Å². The molecule has 0 radical (unpaired) electrons. The molecule has 7 heteroatoms. The highest BCUT2D eigenvalue weighted by Crippen LogP contribution is 2.29. The highest BCUT2D eigenvalue weighted by Gasteiger charge is 2.16. The summed E-state index contributed by atoms with van der Waals surface area (Å²) in [6.45, 7) is 1.90. The van der Waals surface area contributed by atoms with Crippen LogP contribution < -0.4 is 10.1 Å². The van der Waals surface area contributed by atoms with Crippen molar-refractivity contribution in [2.75, 3.05) is 24.4 Å². The maximum Gasteiger partial charge on any atom is 0.296 e. The second-order valence-electron chi connectivity index (χ2n) is 4.25. The number of nitrogens with zero attached hydrogens (tertiary/aromatic N) is 1. The Morgan fingerprint density at radius 3 is 2.74 bits per heavy atom. The van der Waals surface area contributed by atoms with E-state index in [4.69, 9.17) is 4.74 Å². The van der Waals surface area contributed by atoms with Crippen LogP contribution in [0.25, 0.3) is 0 Å². The smallest absolute Gasteiger partial charge is 0.296 e. The van der Waals surface area contributed by atoms with Crippen LogP contribution in [0.1, 0.15) is 13.3 Å². The Morgan fingerprint density at radius 2 is 2.21 bits per heavy atom. The quantitative estimate of drug-likeness (QED) is 0.613. The molecule has 0 aliphatic rings. The third-order valence-electron chi connectivity index (χ3n) is 2.64. The fourth-order valence-electron chi connectivity index (χ4n) is 1.59. The maximum absolute atomic E-state index is 11.0. The number of ether oxygens (including phenoxy) is 1. The van der Waals surface area contributed by atoms with Crippen molar-refractivity contribution in [2.45, 2.75) is 19.4 Å². The van der Waals surface area contributed by atoms with Crippen LogP contribution in [0.2, 0.25) is 0 Å². The van der Waals surface area contributed by atoms with Crippen LogP contribution in [0.3, 0.4) is 0 Å². The predicted molar refractivity (Wildman–Crippen MR) is 76.3 cm³/mol. The van der Waals surface area contributed by atoms with Gasteiger partial charge in [-0.3, -0.25) is 14.3 Å². The molecule has 1 rings (SSSR count). The van der Waals surface area contributed by atoms with Gasteiger partial charge in [0, 0.05) is 28.9 Å². The van der Waals surface area contributed by atoms with Crippen molar-refractivity contribution in [2.24, 2.45) is 0 Å². The monoisotopic (exact) mass is 286 g/mol. The van der Waals surface area contributed by atoms with Gasteiger partial charge in [-0.2, -0.15) is 0 Å². The number of anilines is 1. The third-order valence-corrected chi connectivity index (χ3v) is 3.45. The molecule has 0 aliphatic heterocycles. The molecule has 0 fully saturated rings. The van der Waals surface area contributed by atoms with E-state index < -0.39 is 15.7 Å². The molecule has 6 nitrogen and oxygen atoms in total. The molecule has 0 amide bonds. The van der Waals surface area contributed by atoms with E-state index >= 15 is 0 Å². The first-order valence-electron chi connectivity index (χ1n) is 5.83. The van der Waals surface area contributed by atoms with Gasteiger partial charge in [0.25, 0.3) is 5.69 Å². The summed E-state index contributed by atoms with van der Waals surface area (Å²) < 4.78 is 16.0. The zero-order chi connectivity index (χ0) is 14.4. The highest BCUT2D eigenvalue weighted by atomic mass is 32.2. The summed E-state index contributed by atoms with van der Waals surface area (Å²) in [4.78, 5) is 10.6.